The molecule has 3 unspecified atom stereocenters. The van der Waals surface area contributed by atoms with Gasteiger partial charge in [0.05, 0.1) is 0 Å². The van der Waals surface area contributed by atoms with Crippen LogP contribution in [0.2, 0.25) is 0 Å². The average Bonchev–Trinajstić information content (AvgIpc) is 2.85. The minimum atomic E-state index is 0.739. The van der Waals surface area contributed by atoms with Gasteiger partial charge in [0.2, 0.25) is 0 Å². The predicted molar refractivity (Wildman–Crippen MR) is 64.5 cm³/mol. The van der Waals surface area contributed by atoms with Crippen LogP contribution in [0.15, 0.2) is 0 Å². The molecule has 2 fully saturated rings. The molecule has 1 heteroatoms. The Morgan fingerprint density at radius 2 is 2.00 bits per heavy atom. The van der Waals surface area contributed by atoms with Crippen LogP contribution < -0.4 is 5.32 Å². The van der Waals surface area contributed by atoms with Gasteiger partial charge in [-0.1, -0.05) is 6.92 Å². The first-order valence-corrected chi connectivity index (χ1v) is 6.48. The second-order valence-corrected chi connectivity index (χ2v) is 5.12. The van der Waals surface area contributed by atoms with E-state index in [0.29, 0.717) is 0 Å². The van der Waals surface area contributed by atoms with Gasteiger partial charge in [0.1, 0.15) is 0 Å². The second-order valence-electron chi connectivity index (χ2n) is 5.12. The molecule has 0 aromatic heterocycles. The number of hydrogen-bond acceptors (Lipinski definition) is 1. The van der Waals surface area contributed by atoms with E-state index < -0.39 is 0 Å². The predicted octanol–water partition coefficient (Wildman–Crippen LogP) is 2.81. The van der Waals surface area contributed by atoms with E-state index in [1.165, 1.54) is 25.7 Å². The molecule has 2 rings (SSSR count). The molecule has 2 saturated carbocycles. The highest BCUT2D eigenvalue weighted by molar-refractivity contribution is 5.01. The highest BCUT2D eigenvalue weighted by atomic mass is 14.9. The van der Waals surface area contributed by atoms with Crippen LogP contribution in [0.5, 0.6) is 0 Å². The zero-order valence-corrected chi connectivity index (χ0v) is 10.1. The molecule has 0 radical (unpaired) electrons. The SMILES string of the molecule is CC#CCCC(NCC)C1CC2CC2C1. The Balaban J connectivity index is 1.78. The van der Waals surface area contributed by atoms with Crippen molar-refractivity contribution in [3.8, 4) is 11.8 Å². The molecule has 84 valence electrons. The number of hydrogen-bond donors (Lipinski definition) is 1. The summed E-state index contributed by atoms with van der Waals surface area (Å²) >= 11 is 0. The van der Waals surface area contributed by atoms with E-state index in [1.54, 1.807) is 0 Å². The summed E-state index contributed by atoms with van der Waals surface area (Å²) < 4.78 is 0. The molecule has 0 spiro atoms. The third-order valence-corrected chi connectivity index (χ3v) is 4.07. The summed E-state index contributed by atoms with van der Waals surface area (Å²) in [6, 6.07) is 0.739. The quantitative estimate of drug-likeness (QED) is 0.681. The number of fused-ring (bicyclic) bond motifs is 1. The molecule has 3 atom stereocenters. The van der Waals surface area contributed by atoms with Gasteiger partial charge in [0.15, 0.2) is 0 Å². The molecule has 0 amide bonds. The van der Waals surface area contributed by atoms with Gasteiger partial charge >= 0.3 is 0 Å². The molecule has 0 bridgehead atoms. The van der Waals surface area contributed by atoms with E-state index in [-0.39, 0.29) is 0 Å². The fourth-order valence-electron chi connectivity index (χ4n) is 3.21. The molecule has 15 heavy (non-hydrogen) atoms. The first-order valence-electron chi connectivity index (χ1n) is 6.48. The van der Waals surface area contributed by atoms with Gasteiger partial charge < -0.3 is 5.32 Å². The van der Waals surface area contributed by atoms with Crippen molar-refractivity contribution in [1.29, 1.82) is 0 Å². The molecule has 0 heterocycles. The molecule has 0 saturated heterocycles. The van der Waals surface area contributed by atoms with Crippen LogP contribution in [0.1, 0.15) is 46.0 Å². The molecule has 2 aliphatic carbocycles. The molecule has 0 aromatic rings. The lowest BCUT2D eigenvalue weighted by molar-refractivity contribution is 0.325. The van der Waals surface area contributed by atoms with E-state index in [0.717, 1.165) is 36.8 Å². The molecular weight excluding hydrogens is 182 g/mol. The van der Waals surface area contributed by atoms with Gasteiger partial charge in [-0.3, -0.25) is 0 Å². The van der Waals surface area contributed by atoms with E-state index in [9.17, 15) is 0 Å². The Bertz CT molecular complexity index is 250. The Kier molecular flexibility index (Phi) is 3.70. The summed E-state index contributed by atoms with van der Waals surface area (Å²) in [6.45, 7) is 5.26. The number of nitrogens with one attached hydrogen (secondary N) is 1. The molecular formula is C14H23N. The van der Waals surface area contributed by atoms with Crippen LogP contribution in [0.25, 0.3) is 0 Å². The zero-order chi connectivity index (χ0) is 10.7. The molecule has 1 nitrogen and oxygen atoms in total. The van der Waals surface area contributed by atoms with Gasteiger partial charge in [0, 0.05) is 12.5 Å². The fraction of sp³-hybridized carbons (Fsp3) is 0.857. The standard InChI is InChI=1S/C14H23N/c1-3-5-6-7-14(15-4-2)13-9-11-8-12(11)10-13/h11-15H,4,6-10H2,1-2H3. The summed E-state index contributed by atoms with van der Waals surface area (Å²) in [5, 5.41) is 3.66. The molecule has 2 aliphatic rings. The first kappa shape index (κ1) is 11.0. The maximum Gasteiger partial charge on any atom is 0.0104 e. The molecule has 0 aromatic carbocycles. The van der Waals surface area contributed by atoms with Crippen LogP contribution in [-0.2, 0) is 0 Å². The van der Waals surface area contributed by atoms with Crippen LogP contribution in [-0.4, -0.2) is 12.6 Å². The van der Waals surface area contributed by atoms with Crippen molar-refractivity contribution in [2.24, 2.45) is 17.8 Å². The topological polar surface area (TPSA) is 12.0 Å². The van der Waals surface area contributed by atoms with E-state index in [2.05, 4.69) is 24.1 Å². The van der Waals surface area contributed by atoms with E-state index in [1.807, 2.05) is 6.92 Å². The smallest absolute Gasteiger partial charge is 0.0104 e. The average molecular weight is 205 g/mol. The lowest BCUT2D eigenvalue weighted by Crippen LogP contribution is -2.35. The van der Waals surface area contributed by atoms with E-state index in [4.69, 9.17) is 0 Å². The van der Waals surface area contributed by atoms with Crippen LogP contribution in [0.4, 0.5) is 0 Å². The van der Waals surface area contributed by atoms with Crippen molar-refractivity contribution in [2.75, 3.05) is 6.54 Å². The third-order valence-electron chi connectivity index (χ3n) is 4.07. The first-order chi connectivity index (χ1) is 7.35. The zero-order valence-electron chi connectivity index (χ0n) is 10.1. The van der Waals surface area contributed by atoms with Crippen LogP contribution in [0.3, 0.4) is 0 Å². The minimum absolute atomic E-state index is 0.739. The van der Waals surface area contributed by atoms with Crippen molar-refractivity contribution in [1.82, 2.24) is 5.32 Å². The van der Waals surface area contributed by atoms with Gasteiger partial charge in [-0.25, -0.2) is 0 Å². The van der Waals surface area contributed by atoms with Crippen molar-refractivity contribution in [2.45, 2.75) is 52.0 Å². The van der Waals surface area contributed by atoms with Crippen LogP contribution >= 0.6 is 0 Å². The molecule has 1 N–H and O–H groups in total. The van der Waals surface area contributed by atoms with Crippen LogP contribution in [0, 0.1) is 29.6 Å². The minimum Gasteiger partial charge on any atom is -0.314 e. The van der Waals surface area contributed by atoms with Crippen molar-refractivity contribution in [3.63, 3.8) is 0 Å². The fourth-order valence-corrected chi connectivity index (χ4v) is 3.21. The second kappa shape index (κ2) is 5.03. The van der Waals surface area contributed by atoms with Gasteiger partial charge in [-0.15, -0.1) is 11.8 Å². The lowest BCUT2D eigenvalue weighted by atomic mass is 9.91. The van der Waals surface area contributed by atoms with Crippen molar-refractivity contribution >= 4 is 0 Å². The number of rotatable bonds is 5. The normalized spacial score (nSPS) is 34.1. The monoisotopic (exact) mass is 205 g/mol. The Hall–Kier alpha value is -0.480. The van der Waals surface area contributed by atoms with Crippen molar-refractivity contribution in [3.05, 3.63) is 0 Å². The lowest BCUT2D eigenvalue weighted by Gasteiger charge is -2.24. The maximum atomic E-state index is 3.66. The summed E-state index contributed by atoms with van der Waals surface area (Å²) in [4.78, 5) is 0. The highest BCUT2D eigenvalue weighted by Gasteiger charge is 2.47. The van der Waals surface area contributed by atoms with E-state index >= 15 is 0 Å². The Morgan fingerprint density at radius 1 is 1.27 bits per heavy atom. The maximum absolute atomic E-state index is 3.66. The summed E-state index contributed by atoms with van der Waals surface area (Å²) in [6.07, 6.45) is 6.83. The Labute approximate surface area is 94.0 Å². The van der Waals surface area contributed by atoms with Crippen molar-refractivity contribution < 1.29 is 0 Å². The van der Waals surface area contributed by atoms with Gasteiger partial charge in [-0.2, -0.15) is 0 Å². The summed E-state index contributed by atoms with van der Waals surface area (Å²) in [5.74, 6) is 9.35. The summed E-state index contributed by atoms with van der Waals surface area (Å²) in [7, 11) is 0. The van der Waals surface area contributed by atoms with Gasteiger partial charge in [0.25, 0.3) is 0 Å². The largest absolute Gasteiger partial charge is 0.314 e. The van der Waals surface area contributed by atoms with Gasteiger partial charge in [-0.05, 0) is 56.9 Å². The summed E-state index contributed by atoms with van der Waals surface area (Å²) in [5.41, 5.74) is 0. The highest BCUT2D eigenvalue weighted by Crippen LogP contribution is 2.55. The molecule has 0 aliphatic heterocycles. The third kappa shape index (κ3) is 2.75. The Morgan fingerprint density at radius 3 is 2.60 bits per heavy atom.